The van der Waals surface area contributed by atoms with Crippen LogP contribution in [0, 0.1) is 11.7 Å². The molecule has 1 fully saturated rings. The molecule has 0 bridgehead atoms. The second-order valence-corrected chi connectivity index (χ2v) is 9.75. The summed E-state index contributed by atoms with van der Waals surface area (Å²) in [5.74, 6) is 0.948. The lowest BCUT2D eigenvalue weighted by molar-refractivity contribution is -0.118. The summed E-state index contributed by atoms with van der Waals surface area (Å²) in [5, 5.41) is 16.8. The van der Waals surface area contributed by atoms with Crippen molar-refractivity contribution in [1.82, 2.24) is 35.5 Å². The molecule has 1 saturated heterocycles. The van der Waals surface area contributed by atoms with Crippen molar-refractivity contribution in [2.24, 2.45) is 5.92 Å². The number of hydrogen-bond acceptors (Lipinski definition) is 12. The van der Waals surface area contributed by atoms with Crippen molar-refractivity contribution >= 4 is 29.6 Å². The molecule has 6 rings (SSSR count). The van der Waals surface area contributed by atoms with E-state index in [4.69, 9.17) is 19.9 Å². The normalized spacial score (nSPS) is 19.6. The summed E-state index contributed by atoms with van der Waals surface area (Å²) in [5.41, 5.74) is 7.30. The summed E-state index contributed by atoms with van der Waals surface area (Å²) in [6.07, 6.45) is 2.53. The topological polar surface area (TPSA) is 185 Å². The summed E-state index contributed by atoms with van der Waals surface area (Å²) >= 11 is 0. The number of benzene rings is 1. The zero-order valence-electron chi connectivity index (χ0n) is 21.4. The van der Waals surface area contributed by atoms with Crippen molar-refractivity contribution in [3.05, 3.63) is 35.3 Å². The third kappa shape index (κ3) is 5.42. The minimum Gasteiger partial charge on any atom is -0.492 e. The molecule has 16 heteroatoms. The molecule has 1 aromatic carbocycles. The molecule has 0 radical (unpaired) electrons. The van der Waals surface area contributed by atoms with Gasteiger partial charge in [-0.3, -0.25) is 9.69 Å². The average Bonchev–Trinajstić information content (AvgIpc) is 3.64. The third-order valence-corrected chi connectivity index (χ3v) is 6.94. The van der Waals surface area contributed by atoms with Crippen LogP contribution in [0.3, 0.4) is 0 Å². The van der Waals surface area contributed by atoms with E-state index in [2.05, 4.69) is 36.1 Å². The first kappa shape index (κ1) is 25.7. The van der Waals surface area contributed by atoms with E-state index in [1.165, 1.54) is 21.8 Å². The average molecular weight is 555 g/mol. The van der Waals surface area contributed by atoms with Crippen LogP contribution in [-0.4, -0.2) is 81.1 Å². The molecule has 2 aliphatic heterocycles. The van der Waals surface area contributed by atoms with Crippen molar-refractivity contribution < 1.29 is 28.2 Å². The van der Waals surface area contributed by atoms with E-state index >= 15 is 0 Å². The maximum atomic E-state index is 14.8. The maximum absolute atomic E-state index is 14.8. The zero-order chi connectivity index (χ0) is 27.6. The van der Waals surface area contributed by atoms with Crippen molar-refractivity contribution in [2.75, 3.05) is 48.8 Å². The van der Waals surface area contributed by atoms with Crippen molar-refractivity contribution in [3.63, 3.8) is 0 Å². The molecule has 2 aromatic heterocycles. The largest absolute Gasteiger partial charge is 0.492 e. The molecule has 210 valence electrons. The first-order valence-corrected chi connectivity index (χ1v) is 12.9. The molecule has 0 spiro atoms. The van der Waals surface area contributed by atoms with Gasteiger partial charge in [0.05, 0.1) is 19.3 Å². The Bertz CT molecular complexity index is 1440. The second kappa shape index (κ2) is 10.9. The minimum absolute atomic E-state index is 0.126. The summed E-state index contributed by atoms with van der Waals surface area (Å²) < 4.78 is 32.6. The van der Waals surface area contributed by atoms with Gasteiger partial charge in [0.2, 0.25) is 5.95 Å². The van der Waals surface area contributed by atoms with E-state index in [1.54, 1.807) is 0 Å². The first-order chi connectivity index (χ1) is 19.4. The number of nitrogens with two attached hydrogens (primary N) is 1. The number of cyclic esters (lactones) is 1. The second-order valence-electron chi connectivity index (χ2n) is 9.75. The molecule has 15 nitrogen and oxygen atoms in total. The molecule has 0 saturated carbocycles. The van der Waals surface area contributed by atoms with Gasteiger partial charge >= 0.3 is 6.09 Å². The number of carbonyl (C=O) groups excluding carboxylic acids is 2. The number of nitrogens with zero attached hydrogens (tertiary/aromatic N) is 7. The van der Waals surface area contributed by atoms with Crippen molar-refractivity contribution in [3.8, 4) is 11.6 Å². The van der Waals surface area contributed by atoms with Gasteiger partial charge in [0.15, 0.2) is 18.2 Å². The Labute approximate surface area is 227 Å². The molecular formula is C24H27FN10O5. The molecule has 2 unspecified atom stereocenters. The van der Waals surface area contributed by atoms with E-state index in [0.29, 0.717) is 44.8 Å². The fraction of sp³-hybridized carbons (Fsp3) is 0.458. The van der Waals surface area contributed by atoms with Gasteiger partial charge in [-0.15, -0.1) is 0 Å². The number of hydrogen-bond donors (Lipinski definition) is 3. The quantitative estimate of drug-likeness (QED) is 0.292. The van der Waals surface area contributed by atoms with Crippen molar-refractivity contribution in [1.29, 1.82) is 0 Å². The molecule has 4 N–H and O–H groups in total. The van der Waals surface area contributed by atoms with Gasteiger partial charge in [-0.25, -0.2) is 23.8 Å². The van der Waals surface area contributed by atoms with Crippen LogP contribution in [0.2, 0.25) is 0 Å². The van der Waals surface area contributed by atoms with E-state index < -0.39 is 6.09 Å². The lowest BCUT2D eigenvalue weighted by atomic mass is 10.1. The fourth-order valence-corrected chi connectivity index (χ4v) is 5.01. The number of rotatable bonds is 10. The predicted octanol–water partition coefficient (Wildman–Crippen LogP) is 0.314. The van der Waals surface area contributed by atoms with Crippen LogP contribution < -0.4 is 30.7 Å². The Balaban J connectivity index is 0.947. The number of halogens is 1. The lowest BCUT2D eigenvalue weighted by Gasteiger charge is -2.18. The van der Waals surface area contributed by atoms with Gasteiger partial charge in [-0.1, -0.05) is 5.10 Å². The highest BCUT2D eigenvalue weighted by Crippen LogP contribution is 2.32. The van der Waals surface area contributed by atoms with E-state index in [1.807, 2.05) is 6.07 Å². The molecule has 1 aliphatic carbocycles. The smallest absolute Gasteiger partial charge is 0.415 e. The SMILES string of the molecule is Nc1nnnn1CCOc1cc(F)c2c(c1)CC(CNCCC1CN(c3cnc4c(n3)NC(=O)CO4)C(=O)O1)C2. The number of fused-ring (bicyclic) bond motifs is 2. The van der Waals surface area contributed by atoms with Gasteiger partial charge in [0, 0.05) is 6.07 Å². The van der Waals surface area contributed by atoms with Gasteiger partial charge in [0.25, 0.3) is 11.8 Å². The third-order valence-electron chi connectivity index (χ3n) is 6.94. The van der Waals surface area contributed by atoms with Crippen LogP contribution in [-0.2, 0) is 28.9 Å². The number of tetrazole rings is 1. The summed E-state index contributed by atoms with van der Waals surface area (Å²) in [6, 6.07) is 3.29. The number of nitrogen functional groups attached to an aromatic ring is 1. The van der Waals surface area contributed by atoms with Gasteiger partial charge in [0.1, 0.15) is 24.3 Å². The highest BCUT2D eigenvalue weighted by atomic mass is 19.1. The van der Waals surface area contributed by atoms with E-state index in [0.717, 1.165) is 17.5 Å². The number of amides is 2. The van der Waals surface area contributed by atoms with Crippen LogP contribution in [0.5, 0.6) is 11.6 Å². The van der Waals surface area contributed by atoms with E-state index in [-0.39, 0.29) is 60.4 Å². The Morgan fingerprint density at radius 1 is 1.27 bits per heavy atom. The molecule has 2 amide bonds. The Morgan fingerprint density at radius 3 is 3.02 bits per heavy atom. The first-order valence-electron chi connectivity index (χ1n) is 12.9. The predicted molar refractivity (Wildman–Crippen MR) is 136 cm³/mol. The van der Waals surface area contributed by atoms with Crippen LogP contribution in [0.1, 0.15) is 17.5 Å². The molecular weight excluding hydrogens is 527 g/mol. The number of anilines is 3. The summed E-state index contributed by atoms with van der Waals surface area (Å²) in [7, 11) is 0. The number of nitrogens with one attached hydrogen (secondary N) is 2. The monoisotopic (exact) mass is 554 g/mol. The van der Waals surface area contributed by atoms with E-state index in [9.17, 15) is 14.0 Å². The Kier molecular flexibility index (Phi) is 6.98. The fourth-order valence-electron chi connectivity index (χ4n) is 5.01. The summed E-state index contributed by atoms with van der Waals surface area (Å²) in [4.78, 5) is 33.8. The van der Waals surface area contributed by atoms with Crippen LogP contribution in [0.4, 0.5) is 26.8 Å². The Hall–Kier alpha value is -4.60. The number of aromatic nitrogens is 6. The highest BCUT2D eigenvalue weighted by molar-refractivity contribution is 5.94. The molecule has 3 aliphatic rings. The number of ether oxygens (including phenoxy) is 3. The lowest BCUT2D eigenvalue weighted by Crippen LogP contribution is -2.30. The van der Waals surface area contributed by atoms with Crippen molar-refractivity contribution in [2.45, 2.75) is 31.9 Å². The molecule has 2 atom stereocenters. The number of carbonyl (C=O) groups is 2. The molecule has 40 heavy (non-hydrogen) atoms. The van der Waals surface area contributed by atoms with Crippen LogP contribution in [0.25, 0.3) is 0 Å². The summed E-state index contributed by atoms with van der Waals surface area (Å²) in [6.45, 7) is 2.11. The van der Waals surface area contributed by atoms with Gasteiger partial charge < -0.3 is 30.6 Å². The molecule has 3 aromatic rings. The van der Waals surface area contributed by atoms with Crippen LogP contribution >= 0.6 is 0 Å². The van der Waals surface area contributed by atoms with Gasteiger partial charge in [-0.2, -0.15) is 0 Å². The Morgan fingerprint density at radius 2 is 2.17 bits per heavy atom. The zero-order valence-corrected chi connectivity index (χ0v) is 21.4. The van der Waals surface area contributed by atoms with Crippen LogP contribution in [0.15, 0.2) is 18.3 Å². The molecule has 4 heterocycles. The highest BCUT2D eigenvalue weighted by Gasteiger charge is 2.34. The maximum Gasteiger partial charge on any atom is 0.415 e. The van der Waals surface area contributed by atoms with Gasteiger partial charge in [-0.05, 0) is 65.9 Å². The minimum atomic E-state index is -0.525. The standard InChI is InChI=1S/C24H27FN10O5/c25-18-8-16(38-4-3-35-23(26)31-32-33-35)7-14-5-13(6-17(14)18)9-27-2-1-15-11-34(24(37)40-15)19-10-28-22-21(29-19)30-20(36)12-39-22/h7-8,10,13,15,27H,1-6,9,11-12H2,(H2,26,31,33)(H,29,30,36).